The predicted octanol–water partition coefficient (Wildman–Crippen LogP) is 7.11. The molecule has 5 rings (SSSR count). The number of aryl methyl sites for hydroxylation is 1. The Morgan fingerprint density at radius 2 is 1.81 bits per heavy atom. The highest BCUT2D eigenvalue weighted by atomic mass is 32.1. The van der Waals surface area contributed by atoms with E-state index in [9.17, 15) is 4.79 Å². The summed E-state index contributed by atoms with van der Waals surface area (Å²) in [6.45, 7) is 7.41. The van der Waals surface area contributed by atoms with E-state index in [4.69, 9.17) is 14.7 Å². The van der Waals surface area contributed by atoms with E-state index in [1.807, 2.05) is 60.0 Å². The van der Waals surface area contributed by atoms with Crippen LogP contribution in [-0.4, -0.2) is 27.6 Å². The van der Waals surface area contributed by atoms with Gasteiger partial charge in [0.25, 0.3) is 5.91 Å². The number of amides is 1. The highest BCUT2D eigenvalue weighted by Crippen LogP contribution is 2.31. The van der Waals surface area contributed by atoms with Crippen LogP contribution in [-0.2, 0) is 6.54 Å². The van der Waals surface area contributed by atoms with E-state index in [0.717, 1.165) is 52.1 Å². The molecule has 6 nitrogen and oxygen atoms in total. The molecule has 0 fully saturated rings. The molecule has 182 valence electrons. The Balaban J connectivity index is 1.47. The van der Waals surface area contributed by atoms with Crippen LogP contribution in [0.5, 0.6) is 5.75 Å². The maximum atomic E-state index is 13.5. The largest absolute Gasteiger partial charge is 0.497 e. The summed E-state index contributed by atoms with van der Waals surface area (Å²) in [5.41, 5.74) is 7.36. The van der Waals surface area contributed by atoms with Crippen LogP contribution in [0.2, 0.25) is 0 Å². The fourth-order valence-corrected chi connectivity index (χ4v) is 5.23. The van der Waals surface area contributed by atoms with Crippen molar-refractivity contribution in [3.63, 3.8) is 0 Å². The van der Waals surface area contributed by atoms with Crippen molar-refractivity contribution >= 4 is 33.3 Å². The van der Waals surface area contributed by atoms with E-state index >= 15 is 0 Å². The molecule has 0 saturated carbocycles. The summed E-state index contributed by atoms with van der Waals surface area (Å²) in [4.78, 5) is 23.0. The predicted molar refractivity (Wildman–Crippen MR) is 147 cm³/mol. The molecule has 0 bridgehead atoms. The number of thiazole rings is 1. The molecule has 2 aromatic carbocycles. The number of methoxy groups -OCH3 is 1. The molecule has 0 radical (unpaired) electrons. The minimum atomic E-state index is -0.208. The van der Waals surface area contributed by atoms with Crippen LogP contribution < -0.4 is 10.1 Å². The molecule has 1 N–H and O–H groups in total. The number of carbonyl (C=O) groups is 1. The molecule has 36 heavy (non-hydrogen) atoms. The summed E-state index contributed by atoms with van der Waals surface area (Å²) in [7, 11) is 1.64. The number of hydrogen-bond acceptors (Lipinski definition) is 5. The van der Waals surface area contributed by atoms with Crippen molar-refractivity contribution in [2.75, 3.05) is 12.4 Å². The first-order valence-corrected chi connectivity index (χ1v) is 12.8. The highest BCUT2D eigenvalue weighted by molar-refractivity contribution is 7.14. The van der Waals surface area contributed by atoms with Crippen molar-refractivity contribution in [2.45, 2.75) is 33.7 Å². The summed E-state index contributed by atoms with van der Waals surface area (Å²) in [5, 5.41) is 6.39. The van der Waals surface area contributed by atoms with Crippen molar-refractivity contribution in [1.29, 1.82) is 0 Å². The molecular formula is C29H28N4O2S. The molecule has 0 aliphatic carbocycles. The zero-order valence-corrected chi connectivity index (χ0v) is 21.6. The van der Waals surface area contributed by atoms with Crippen molar-refractivity contribution < 1.29 is 9.53 Å². The molecule has 5 aromatic rings. The number of carbonyl (C=O) groups excluding carboxylic acids is 1. The monoisotopic (exact) mass is 496 g/mol. The fourth-order valence-electron chi connectivity index (χ4n) is 4.52. The van der Waals surface area contributed by atoms with E-state index in [0.29, 0.717) is 10.7 Å². The number of nitrogens with zero attached hydrogens (tertiary/aromatic N) is 3. The van der Waals surface area contributed by atoms with Gasteiger partial charge in [0.05, 0.1) is 29.6 Å². The van der Waals surface area contributed by atoms with Gasteiger partial charge in [-0.3, -0.25) is 10.1 Å². The number of nitrogens with one attached hydrogen (secondary N) is 1. The third-order valence-corrected chi connectivity index (χ3v) is 7.13. The standard InChI is InChI=1S/C29H28N4O2S/c1-5-14-33-18(2)15-23(19(33)3)27-17-36-29(31-27)32-28(34)24-16-26(20-10-12-21(35-4)13-11-20)30-25-9-7-6-8-22(24)25/h6-13,15-17H,5,14H2,1-4H3,(H,31,32,34). The first-order valence-electron chi connectivity index (χ1n) is 12.0. The quantitative estimate of drug-likeness (QED) is 0.261. The minimum absolute atomic E-state index is 0.208. The molecule has 0 unspecified atom stereocenters. The van der Waals surface area contributed by atoms with E-state index in [1.165, 1.54) is 22.7 Å². The number of ether oxygens (including phenoxy) is 1. The average Bonchev–Trinajstić information content (AvgIpc) is 3.47. The lowest BCUT2D eigenvalue weighted by atomic mass is 10.0. The first-order chi connectivity index (χ1) is 17.5. The van der Waals surface area contributed by atoms with Crippen molar-refractivity contribution in [3.8, 4) is 28.3 Å². The summed E-state index contributed by atoms with van der Waals surface area (Å²) in [5.74, 6) is 0.563. The summed E-state index contributed by atoms with van der Waals surface area (Å²) >= 11 is 1.43. The second-order valence-electron chi connectivity index (χ2n) is 8.73. The smallest absolute Gasteiger partial charge is 0.258 e. The van der Waals surface area contributed by atoms with Crippen LogP contribution in [0.3, 0.4) is 0 Å². The number of anilines is 1. The fraction of sp³-hybridized carbons (Fsp3) is 0.207. The van der Waals surface area contributed by atoms with Gasteiger partial charge in [-0.25, -0.2) is 9.97 Å². The van der Waals surface area contributed by atoms with Gasteiger partial charge in [0.2, 0.25) is 0 Å². The normalized spacial score (nSPS) is 11.1. The first kappa shape index (κ1) is 23.8. The zero-order chi connectivity index (χ0) is 25.2. The van der Waals surface area contributed by atoms with Gasteiger partial charge in [-0.1, -0.05) is 25.1 Å². The number of fused-ring (bicyclic) bond motifs is 1. The third kappa shape index (κ3) is 4.50. The zero-order valence-electron chi connectivity index (χ0n) is 20.8. The molecule has 0 aliphatic heterocycles. The number of para-hydroxylation sites is 1. The second-order valence-corrected chi connectivity index (χ2v) is 9.59. The number of pyridine rings is 1. The Morgan fingerprint density at radius 3 is 2.56 bits per heavy atom. The number of benzene rings is 2. The molecule has 7 heteroatoms. The molecule has 0 aliphatic rings. The van der Waals surface area contributed by atoms with Gasteiger partial charge in [-0.05, 0) is 62.7 Å². The van der Waals surface area contributed by atoms with Crippen LogP contribution >= 0.6 is 11.3 Å². The Labute approximate surface area is 214 Å². The van der Waals surface area contributed by atoms with Crippen LogP contribution in [0.15, 0.2) is 66.0 Å². The third-order valence-electron chi connectivity index (χ3n) is 6.37. The molecular weight excluding hydrogens is 468 g/mol. The van der Waals surface area contributed by atoms with E-state index in [1.54, 1.807) is 7.11 Å². The highest BCUT2D eigenvalue weighted by Gasteiger charge is 2.17. The van der Waals surface area contributed by atoms with Crippen LogP contribution in [0.4, 0.5) is 5.13 Å². The lowest BCUT2D eigenvalue weighted by Gasteiger charge is -2.10. The Morgan fingerprint density at radius 1 is 1.03 bits per heavy atom. The topological polar surface area (TPSA) is 69.0 Å². The van der Waals surface area contributed by atoms with Gasteiger partial charge >= 0.3 is 0 Å². The SMILES string of the molecule is CCCn1c(C)cc(-c2csc(NC(=O)c3cc(-c4ccc(OC)cc4)nc4ccccc34)n2)c1C. The summed E-state index contributed by atoms with van der Waals surface area (Å²) in [6, 6.07) is 19.4. The van der Waals surface area contributed by atoms with Gasteiger partial charge in [-0.15, -0.1) is 11.3 Å². The maximum Gasteiger partial charge on any atom is 0.258 e. The van der Waals surface area contributed by atoms with Crippen LogP contribution in [0.1, 0.15) is 35.1 Å². The van der Waals surface area contributed by atoms with E-state index in [-0.39, 0.29) is 5.91 Å². The lowest BCUT2D eigenvalue weighted by molar-refractivity contribution is 0.102. The van der Waals surface area contributed by atoms with Crippen molar-refractivity contribution in [2.24, 2.45) is 0 Å². The number of aromatic nitrogens is 3. The molecule has 1 amide bonds. The van der Waals surface area contributed by atoms with Gasteiger partial charge in [0.1, 0.15) is 5.75 Å². The molecule has 0 atom stereocenters. The number of hydrogen-bond donors (Lipinski definition) is 1. The van der Waals surface area contributed by atoms with Crippen LogP contribution in [0, 0.1) is 13.8 Å². The summed E-state index contributed by atoms with van der Waals surface area (Å²) in [6.07, 6.45) is 1.08. The van der Waals surface area contributed by atoms with Crippen molar-refractivity contribution in [3.05, 3.63) is 83.0 Å². The summed E-state index contributed by atoms with van der Waals surface area (Å²) < 4.78 is 7.59. The van der Waals surface area contributed by atoms with E-state index in [2.05, 4.69) is 36.7 Å². The van der Waals surface area contributed by atoms with Crippen LogP contribution in [0.25, 0.3) is 33.4 Å². The van der Waals surface area contributed by atoms with Gasteiger partial charge in [-0.2, -0.15) is 0 Å². The molecule has 3 heterocycles. The van der Waals surface area contributed by atoms with Gasteiger partial charge in [0.15, 0.2) is 5.13 Å². The Bertz CT molecular complexity index is 1550. The van der Waals surface area contributed by atoms with Gasteiger partial charge in [0, 0.05) is 39.8 Å². The molecule has 3 aromatic heterocycles. The van der Waals surface area contributed by atoms with Crippen molar-refractivity contribution in [1.82, 2.24) is 14.5 Å². The lowest BCUT2D eigenvalue weighted by Crippen LogP contribution is -2.13. The minimum Gasteiger partial charge on any atom is -0.497 e. The average molecular weight is 497 g/mol. The number of rotatable bonds is 7. The Kier molecular flexibility index (Phi) is 6.57. The Hall–Kier alpha value is -3.97. The maximum absolute atomic E-state index is 13.5. The van der Waals surface area contributed by atoms with Gasteiger partial charge < -0.3 is 9.30 Å². The molecule has 0 saturated heterocycles. The molecule has 0 spiro atoms. The second kappa shape index (κ2) is 9.95. The van der Waals surface area contributed by atoms with E-state index < -0.39 is 0 Å².